The Balaban J connectivity index is 1.50. The zero-order valence-corrected chi connectivity index (χ0v) is 14.4. The van der Waals surface area contributed by atoms with Crippen molar-refractivity contribution in [2.75, 3.05) is 32.8 Å². The number of ether oxygens (including phenoxy) is 1. The van der Waals surface area contributed by atoms with E-state index in [1.54, 1.807) is 0 Å². The fourth-order valence-corrected chi connectivity index (χ4v) is 5.29. The van der Waals surface area contributed by atoms with Crippen LogP contribution >= 0.6 is 11.3 Å². The molecule has 5 heteroatoms. The average Bonchev–Trinajstić information content (AvgIpc) is 3.19. The quantitative estimate of drug-likeness (QED) is 0.855. The highest BCUT2D eigenvalue weighted by Crippen LogP contribution is 2.33. The number of piperidine rings is 1. The van der Waals surface area contributed by atoms with Crippen molar-refractivity contribution in [1.29, 1.82) is 0 Å². The zero-order valence-electron chi connectivity index (χ0n) is 13.5. The second kappa shape index (κ2) is 6.56. The Bertz CT molecular complexity index is 500. The van der Waals surface area contributed by atoms with Crippen LogP contribution in [0, 0.1) is 12.8 Å². The molecule has 4 nitrogen and oxygen atoms in total. The maximum absolute atomic E-state index is 6.24. The molecule has 0 radical (unpaired) electrons. The first-order chi connectivity index (χ1) is 10.8. The van der Waals surface area contributed by atoms with Gasteiger partial charge in [-0.25, -0.2) is 4.98 Å². The Hall–Kier alpha value is -0.490. The molecule has 3 aliphatic heterocycles. The van der Waals surface area contributed by atoms with Crippen molar-refractivity contribution in [3.8, 4) is 0 Å². The molecule has 4 heterocycles. The molecule has 4 rings (SSSR count). The van der Waals surface area contributed by atoms with E-state index in [2.05, 4.69) is 21.7 Å². The maximum Gasteiger partial charge on any atom is 0.0798 e. The molecule has 1 aromatic rings. The molecule has 3 saturated heterocycles. The lowest BCUT2D eigenvalue weighted by molar-refractivity contribution is -0.112. The van der Waals surface area contributed by atoms with Crippen molar-refractivity contribution < 1.29 is 4.74 Å². The molecule has 0 N–H and O–H groups in total. The van der Waals surface area contributed by atoms with E-state index in [1.807, 2.05) is 16.8 Å². The lowest BCUT2D eigenvalue weighted by Crippen LogP contribution is -2.60. The highest BCUT2D eigenvalue weighted by Gasteiger charge is 2.42. The monoisotopic (exact) mass is 321 g/mol. The summed E-state index contributed by atoms with van der Waals surface area (Å²) in [5.41, 5.74) is 3.20. The van der Waals surface area contributed by atoms with Crippen molar-refractivity contribution >= 4 is 11.3 Å². The molecule has 0 aromatic carbocycles. The van der Waals surface area contributed by atoms with Gasteiger partial charge in [-0.1, -0.05) is 0 Å². The van der Waals surface area contributed by atoms with Crippen LogP contribution in [0.1, 0.15) is 36.3 Å². The van der Waals surface area contributed by atoms with E-state index in [0.29, 0.717) is 12.1 Å². The van der Waals surface area contributed by atoms with Gasteiger partial charge in [0.1, 0.15) is 0 Å². The number of thiazole rings is 1. The van der Waals surface area contributed by atoms with Crippen LogP contribution in [-0.2, 0) is 11.3 Å². The van der Waals surface area contributed by atoms with Crippen LogP contribution in [0.5, 0.6) is 0 Å². The van der Waals surface area contributed by atoms with Gasteiger partial charge in [0.25, 0.3) is 0 Å². The van der Waals surface area contributed by atoms with Crippen LogP contribution in [0.3, 0.4) is 0 Å². The lowest BCUT2D eigenvalue weighted by atomic mass is 9.84. The van der Waals surface area contributed by atoms with Crippen LogP contribution in [0.2, 0.25) is 0 Å². The minimum absolute atomic E-state index is 0.477. The topological polar surface area (TPSA) is 28.6 Å². The second-order valence-corrected chi connectivity index (χ2v) is 8.04. The van der Waals surface area contributed by atoms with E-state index in [-0.39, 0.29) is 0 Å². The predicted molar refractivity (Wildman–Crippen MR) is 89.2 cm³/mol. The van der Waals surface area contributed by atoms with Crippen LogP contribution in [0.15, 0.2) is 5.51 Å². The van der Waals surface area contributed by atoms with Crippen molar-refractivity contribution in [2.45, 2.75) is 51.3 Å². The van der Waals surface area contributed by atoms with Gasteiger partial charge < -0.3 is 4.74 Å². The Kier molecular flexibility index (Phi) is 4.49. The minimum Gasteiger partial charge on any atom is -0.376 e. The summed E-state index contributed by atoms with van der Waals surface area (Å²) in [6.07, 6.45) is 5.78. The molecule has 1 aromatic heterocycles. The summed E-state index contributed by atoms with van der Waals surface area (Å²) in [5, 5.41) is 0. The van der Waals surface area contributed by atoms with Crippen LogP contribution < -0.4 is 0 Å². The van der Waals surface area contributed by atoms with E-state index in [9.17, 15) is 0 Å². The van der Waals surface area contributed by atoms with Crippen molar-refractivity contribution in [3.05, 3.63) is 16.1 Å². The number of hydrogen-bond acceptors (Lipinski definition) is 5. The standard InChI is InChI=1S/C17H27N3OS/c1-13-16(22-12-18-13)11-19-9-14-5-4-8-21-17(14)15(10-19)20-6-2-3-7-20/h12,14-15,17H,2-11H2,1H3/t14-,15+,17-/m1/s1. The van der Waals surface area contributed by atoms with Gasteiger partial charge in [0.15, 0.2) is 0 Å². The highest BCUT2D eigenvalue weighted by atomic mass is 32.1. The summed E-state index contributed by atoms with van der Waals surface area (Å²) in [6, 6.07) is 0.606. The molecule has 3 fully saturated rings. The molecule has 3 aliphatic rings. The molecule has 0 saturated carbocycles. The number of nitrogens with zero attached hydrogens (tertiary/aromatic N) is 3. The van der Waals surface area contributed by atoms with E-state index >= 15 is 0 Å². The van der Waals surface area contributed by atoms with Crippen LogP contribution in [0.25, 0.3) is 0 Å². The first-order valence-electron chi connectivity index (χ1n) is 8.78. The Labute approximate surface area is 137 Å². The fraction of sp³-hybridized carbons (Fsp3) is 0.824. The number of aryl methyl sites for hydroxylation is 1. The van der Waals surface area contributed by atoms with Gasteiger partial charge in [-0.15, -0.1) is 11.3 Å². The Morgan fingerprint density at radius 1 is 1.27 bits per heavy atom. The van der Waals surface area contributed by atoms with Crippen LogP contribution in [-0.4, -0.2) is 59.7 Å². The Morgan fingerprint density at radius 3 is 2.91 bits per heavy atom. The van der Waals surface area contributed by atoms with Crippen LogP contribution in [0.4, 0.5) is 0 Å². The number of likely N-dealkylation sites (tertiary alicyclic amines) is 2. The summed E-state index contributed by atoms with van der Waals surface area (Å²) < 4.78 is 6.24. The third kappa shape index (κ3) is 2.96. The van der Waals surface area contributed by atoms with Crippen molar-refractivity contribution in [3.63, 3.8) is 0 Å². The van der Waals surface area contributed by atoms with E-state index in [4.69, 9.17) is 4.74 Å². The third-order valence-corrected chi connectivity index (χ3v) is 6.55. The van der Waals surface area contributed by atoms with Crippen molar-refractivity contribution in [1.82, 2.24) is 14.8 Å². The summed E-state index contributed by atoms with van der Waals surface area (Å²) in [5.74, 6) is 0.723. The Morgan fingerprint density at radius 2 is 2.14 bits per heavy atom. The molecule has 122 valence electrons. The smallest absolute Gasteiger partial charge is 0.0798 e. The molecule has 0 spiro atoms. The molecular formula is C17H27N3OS. The minimum atomic E-state index is 0.477. The van der Waals surface area contributed by atoms with Gasteiger partial charge in [0, 0.05) is 37.2 Å². The molecule has 3 atom stereocenters. The second-order valence-electron chi connectivity index (χ2n) is 7.10. The lowest BCUT2D eigenvalue weighted by Gasteiger charge is -2.48. The third-order valence-electron chi connectivity index (χ3n) is 5.63. The molecule has 0 amide bonds. The van der Waals surface area contributed by atoms with Gasteiger partial charge in [0.05, 0.1) is 17.3 Å². The van der Waals surface area contributed by atoms with E-state index < -0.39 is 0 Å². The highest BCUT2D eigenvalue weighted by molar-refractivity contribution is 7.09. The largest absolute Gasteiger partial charge is 0.376 e. The van der Waals surface area contributed by atoms with E-state index in [1.165, 1.54) is 62.4 Å². The zero-order chi connectivity index (χ0) is 14.9. The summed E-state index contributed by atoms with van der Waals surface area (Å²) in [6.45, 7) is 9.09. The number of aromatic nitrogens is 1. The number of rotatable bonds is 3. The van der Waals surface area contributed by atoms with Gasteiger partial charge >= 0.3 is 0 Å². The first-order valence-corrected chi connectivity index (χ1v) is 9.66. The normalized spacial score (nSPS) is 34.0. The van der Waals surface area contributed by atoms with E-state index in [0.717, 1.165) is 19.1 Å². The van der Waals surface area contributed by atoms with Gasteiger partial charge in [0.2, 0.25) is 0 Å². The molecule has 0 unspecified atom stereocenters. The molecule has 22 heavy (non-hydrogen) atoms. The summed E-state index contributed by atoms with van der Waals surface area (Å²) >= 11 is 1.81. The number of fused-ring (bicyclic) bond motifs is 1. The summed E-state index contributed by atoms with van der Waals surface area (Å²) in [4.78, 5) is 11.2. The maximum atomic E-state index is 6.24. The van der Waals surface area contributed by atoms with Gasteiger partial charge in [-0.05, 0) is 51.6 Å². The number of hydrogen-bond donors (Lipinski definition) is 0. The molecular weight excluding hydrogens is 294 g/mol. The fourth-order valence-electron chi connectivity index (χ4n) is 4.47. The molecule has 0 bridgehead atoms. The molecule has 0 aliphatic carbocycles. The first kappa shape index (κ1) is 15.1. The predicted octanol–water partition coefficient (Wildman–Crippen LogP) is 2.53. The average molecular weight is 321 g/mol. The van der Waals surface area contributed by atoms with Crippen molar-refractivity contribution in [2.24, 2.45) is 5.92 Å². The van der Waals surface area contributed by atoms with Gasteiger partial charge in [-0.3, -0.25) is 9.80 Å². The van der Waals surface area contributed by atoms with Gasteiger partial charge in [-0.2, -0.15) is 0 Å². The summed E-state index contributed by atoms with van der Waals surface area (Å²) in [7, 11) is 0. The SMILES string of the molecule is Cc1ncsc1CN1C[C@H]2CCCO[C@H]2[C@@H](N2CCCC2)C1.